The molecule has 1 spiro atoms. The quantitative estimate of drug-likeness (QED) is 0.608. The van der Waals surface area contributed by atoms with Crippen molar-refractivity contribution in [2.75, 3.05) is 13.6 Å². The maximum atomic E-state index is 3.13. The van der Waals surface area contributed by atoms with E-state index in [9.17, 15) is 0 Å². The van der Waals surface area contributed by atoms with E-state index >= 15 is 0 Å². The third-order valence-electron chi connectivity index (χ3n) is 3.29. The molecule has 0 saturated heterocycles. The molecule has 1 nitrogen and oxygen atoms in total. The van der Waals surface area contributed by atoms with Crippen molar-refractivity contribution in [3.05, 3.63) is 12.2 Å². The highest BCUT2D eigenvalue weighted by Gasteiger charge is 2.55. The van der Waals surface area contributed by atoms with E-state index < -0.39 is 0 Å². The molecule has 0 aromatic rings. The Morgan fingerprint density at radius 2 is 2.36 bits per heavy atom. The van der Waals surface area contributed by atoms with E-state index in [0.29, 0.717) is 0 Å². The second kappa shape index (κ2) is 2.63. The molecule has 1 heteroatoms. The van der Waals surface area contributed by atoms with Crippen molar-refractivity contribution >= 4 is 0 Å². The van der Waals surface area contributed by atoms with Gasteiger partial charge in [-0.25, -0.2) is 0 Å². The number of likely N-dealkylation sites (N-methyl/N-ethyl adjacent to an activating group) is 1. The van der Waals surface area contributed by atoms with Crippen molar-refractivity contribution in [2.24, 2.45) is 11.3 Å². The van der Waals surface area contributed by atoms with Crippen LogP contribution in [0, 0.1) is 11.3 Å². The van der Waals surface area contributed by atoms with Gasteiger partial charge in [0.2, 0.25) is 0 Å². The van der Waals surface area contributed by atoms with E-state index in [1.165, 1.54) is 25.7 Å². The summed E-state index contributed by atoms with van der Waals surface area (Å²) in [4.78, 5) is 0. The highest BCUT2D eigenvalue weighted by molar-refractivity contribution is 5.15. The van der Waals surface area contributed by atoms with Gasteiger partial charge in [0.1, 0.15) is 0 Å². The summed E-state index contributed by atoms with van der Waals surface area (Å²) >= 11 is 0. The number of hydrogen-bond acceptors (Lipinski definition) is 1. The third kappa shape index (κ3) is 1.22. The highest BCUT2D eigenvalue weighted by Crippen LogP contribution is 2.65. The van der Waals surface area contributed by atoms with Gasteiger partial charge in [0, 0.05) is 6.54 Å². The minimum absolute atomic E-state index is 0.824. The molecule has 0 heterocycles. The summed E-state index contributed by atoms with van der Waals surface area (Å²) in [7, 11) is 2.00. The zero-order valence-electron chi connectivity index (χ0n) is 7.27. The Hall–Kier alpha value is -0.300. The average Bonchev–Trinajstić information content (AvgIpc) is 2.62. The Balaban J connectivity index is 1.74. The van der Waals surface area contributed by atoms with Gasteiger partial charge in [0.05, 0.1) is 0 Å². The van der Waals surface area contributed by atoms with E-state index in [-0.39, 0.29) is 0 Å². The van der Waals surface area contributed by atoms with Crippen molar-refractivity contribution in [1.29, 1.82) is 0 Å². The number of allylic oxidation sites excluding steroid dienone is 1. The first-order chi connectivity index (χ1) is 5.37. The molecule has 0 amide bonds. The van der Waals surface area contributed by atoms with Gasteiger partial charge in [-0.1, -0.05) is 18.6 Å². The first-order valence-electron chi connectivity index (χ1n) is 4.69. The normalized spacial score (nSPS) is 32.6. The minimum Gasteiger partial charge on any atom is -0.316 e. The van der Waals surface area contributed by atoms with Crippen LogP contribution in [-0.2, 0) is 0 Å². The molecule has 1 unspecified atom stereocenters. The lowest BCUT2D eigenvalue weighted by Crippen LogP contribution is -2.14. The fourth-order valence-electron chi connectivity index (χ4n) is 2.21. The van der Waals surface area contributed by atoms with Crippen LogP contribution < -0.4 is 5.32 Å². The van der Waals surface area contributed by atoms with Gasteiger partial charge in [-0.05, 0) is 37.6 Å². The minimum atomic E-state index is 0.824. The molecule has 62 valence electrons. The lowest BCUT2D eigenvalue weighted by atomic mass is 9.80. The van der Waals surface area contributed by atoms with Crippen LogP contribution >= 0.6 is 0 Å². The molecule has 2 rings (SSSR count). The molecule has 0 aromatic heterocycles. The van der Waals surface area contributed by atoms with Crippen molar-refractivity contribution in [2.45, 2.75) is 25.7 Å². The molecule has 1 N–H and O–H groups in total. The Morgan fingerprint density at radius 3 is 2.82 bits per heavy atom. The van der Waals surface area contributed by atoms with Crippen LogP contribution in [0.25, 0.3) is 0 Å². The second-order valence-corrected chi connectivity index (χ2v) is 4.01. The molecule has 11 heavy (non-hydrogen) atoms. The lowest BCUT2D eigenvalue weighted by molar-refractivity contribution is 0.271. The summed E-state index contributed by atoms with van der Waals surface area (Å²) < 4.78 is 0. The van der Waals surface area contributed by atoms with Crippen LogP contribution in [0.3, 0.4) is 0 Å². The summed E-state index contributed by atoms with van der Waals surface area (Å²) in [5.41, 5.74) is 0.824. The molecule has 0 radical (unpaired) electrons. The van der Waals surface area contributed by atoms with E-state index in [1.807, 2.05) is 7.05 Å². The average molecular weight is 151 g/mol. The Morgan fingerprint density at radius 1 is 1.55 bits per heavy atom. The van der Waals surface area contributed by atoms with Gasteiger partial charge in [0.25, 0.3) is 0 Å². The second-order valence-electron chi connectivity index (χ2n) is 4.01. The number of rotatable bonds is 3. The fraction of sp³-hybridized carbons (Fsp3) is 0.800. The Labute approximate surface area is 68.9 Å². The van der Waals surface area contributed by atoms with Crippen LogP contribution in [0.2, 0.25) is 0 Å². The molecule has 2 aliphatic carbocycles. The van der Waals surface area contributed by atoms with E-state index in [2.05, 4.69) is 17.5 Å². The molecular weight excluding hydrogens is 134 g/mol. The standard InChI is InChI=1S/C10H17N/c1-11-7-2-4-9-8-10(9)5-3-6-10/h2,4,9,11H,3,5-8H2,1H3/b4-2+. The summed E-state index contributed by atoms with van der Waals surface area (Å²) in [6.45, 7) is 1.03. The summed E-state index contributed by atoms with van der Waals surface area (Å²) in [5.74, 6) is 0.949. The van der Waals surface area contributed by atoms with Crippen LogP contribution in [-0.4, -0.2) is 13.6 Å². The predicted molar refractivity (Wildman–Crippen MR) is 47.5 cm³/mol. The summed E-state index contributed by atoms with van der Waals surface area (Å²) in [5, 5.41) is 3.13. The van der Waals surface area contributed by atoms with E-state index in [0.717, 1.165) is 17.9 Å². The molecular formula is C10H17N. The van der Waals surface area contributed by atoms with E-state index in [1.54, 1.807) is 0 Å². The van der Waals surface area contributed by atoms with Crippen LogP contribution in [0.4, 0.5) is 0 Å². The number of nitrogens with one attached hydrogen (secondary N) is 1. The Kier molecular flexibility index (Phi) is 1.76. The van der Waals surface area contributed by atoms with Crippen LogP contribution in [0.15, 0.2) is 12.2 Å². The van der Waals surface area contributed by atoms with E-state index in [4.69, 9.17) is 0 Å². The summed E-state index contributed by atoms with van der Waals surface area (Å²) in [6, 6.07) is 0. The fourth-order valence-corrected chi connectivity index (χ4v) is 2.21. The Bertz CT molecular complexity index is 168. The summed E-state index contributed by atoms with van der Waals surface area (Å²) in [6.07, 6.45) is 10.7. The van der Waals surface area contributed by atoms with Crippen molar-refractivity contribution in [3.63, 3.8) is 0 Å². The topological polar surface area (TPSA) is 12.0 Å². The lowest BCUT2D eigenvalue weighted by Gasteiger charge is -2.25. The molecule has 2 fully saturated rings. The van der Waals surface area contributed by atoms with Crippen LogP contribution in [0.5, 0.6) is 0 Å². The zero-order chi connectivity index (χ0) is 7.73. The molecule has 2 saturated carbocycles. The molecule has 1 atom stereocenters. The first-order valence-corrected chi connectivity index (χ1v) is 4.69. The molecule has 0 aromatic carbocycles. The van der Waals surface area contributed by atoms with Gasteiger partial charge < -0.3 is 5.32 Å². The largest absolute Gasteiger partial charge is 0.316 e. The number of hydrogen-bond donors (Lipinski definition) is 1. The SMILES string of the molecule is CNC/C=C/C1CC12CCC2. The van der Waals surface area contributed by atoms with Crippen molar-refractivity contribution in [1.82, 2.24) is 5.32 Å². The van der Waals surface area contributed by atoms with Crippen molar-refractivity contribution in [3.8, 4) is 0 Å². The zero-order valence-corrected chi connectivity index (χ0v) is 7.27. The van der Waals surface area contributed by atoms with Crippen molar-refractivity contribution < 1.29 is 0 Å². The smallest absolute Gasteiger partial charge is 0.0131 e. The van der Waals surface area contributed by atoms with Gasteiger partial charge >= 0.3 is 0 Å². The van der Waals surface area contributed by atoms with Crippen LogP contribution in [0.1, 0.15) is 25.7 Å². The molecule has 0 bridgehead atoms. The first kappa shape index (κ1) is 7.35. The van der Waals surface area contributed by atoms with Gasteiger partial charge in [0.15, 0.2) is 0 Å². The van der Waals surface area contributed by atoms with Gasteiger partial charge in [-0.2, -0.15) is 0 Å². The predicted octanol–water partition coefficient (Wildman–Crippen LogP) is 1.95. The third-order valence-corrected chi connectivity index (χ3v) is 3.29. The monoisotopic (exact) mass is 151 g/mol. The van der Waals surface area contributed by atoms with Gasteiger partial charge in [-0.3, -0.25) is 0 Å². The highest BCUT2D eigenvalue weighted by atomic mass is 14.8. The maximum absolute atomic E-state index is 3.13. The molecule has 0 aliphatic heterocycles. The van der Waals surface area contributed by atoms with Gasteiger partial charge in [-0.15, -0.1) is 0 Å². The maximum Gasteiger partial charge on any atom is 0.0131 e. The molecule has 2 aliphatic rings.